The van der Waals surface area contributed by atoms with E-state index in [9.17, 15) is 0 Å². The summed E-state index contributed by atoms with van der Waals surface area (Å²) in [5.74, 6) is 0. The maximum absolute atomic E-state index is 4.23. The third-order valence-corrected chi connectivity index (χ3v) is 3.28. The van der Waals surface area contributed by atoms with Crippen LogP contribution in [0, 0.1) is 0 Å². The zero-order chi connectivity index (χ0) is 12.2. The van der Waals surface area contributed by atoms with Crippen LogP contribution < -0.4 is 5.32 Å². The topological polar surface area (TPSA) is 24.4 Å². The number of benzene rings is 1. The van der Waals surface area contributed by atoms with Crippen LogP contribution in [0.5, 0.6) is 0 Å². The van der Waals surface area contributed by atoms with Crippen molar-refractivity contribution in [2.45, 2.75) is 6.42 Å². The Morgan fingerprint density at radius 1 is 1.17 bits per heavy atom. The maximum Gasteiger partial charge on any atom is 0.0429 e. The second kappa shape index (κ2) is 5.05. The van der Waals surface area contributed by atoms with E-state index in [1.54, 1.807) is 0 Å². The molecule has 1 aromatic carbocycles. The minimum Gasteiger partial charge on any atom is -0.387 e. The number of allylic oxidation sites excluding steroid dienone is 3. The van der Waals surface area contributed by atoms with Crippen LogP contribution in [0.3, 0.4) is 0 Å². The van der Waals surface area contributed by atoms with E-state index < -0.39 is 0 Å². The van der Waals surface area contributed by atoms with Gasteiger partial charge in [-0.1, -0.05) is 24.3 Å². The first-order chi connectivity index (χ1) is 8.93. The number of hydrogen-bond acceptors (Lipinski definition) is 2. The standard InChI is InChI=1S/C16H16N2/c1-2-15(13-4-8-17-9-5-13)12-16(3-1)14-6-10-18-11-7-14/h1-6,8,10,12,17H,7,9,11H2. The second-order valence-electron chi connectivity index (χ2n) is 4.48. The third-order valence-electron chi connectivity index (χ3n) is 3.28. The summed E-state index contributed by atoms with van der Waals surface area (Å²) >= 11 is 0. The molecule has 0 aromatic heterocycles. The van der Waals surface area contributed by atoms with E-state index >= 15 is 0 Å². The molecule has 90 valence electrons. The Hall–Kier alpha value is -2.09. The number of hydrogen-bond donors (Lipinski definition) is 1. The fraction of sp³-hybridized carbons (Fsp3) is 0.188. The number of nitrogens with zero attached hydrogens (tertiary/aromatic N) is 1. The van der Waals surface area contributed by atoms with Gasteiger partial charge in [-0.2, -0.15) is 0 Å². The van der Waals surface area contributed by atoms with Gasteiger partial charge in [0.25, 0.3) is 0 Å². The van der Waals surface area contributed by atoms with Crippen LogP contribution in [0.2, 0.25) is 0 Å². The van der Waals surface area contributed by atoms with Crippen LogP contribution in [0.15, 0.2) is 53.7 Å². The first kappa shape index (κ1) is 11.0. The highest BCUT2D eigenvalue weighted by molar-refractivity contribution is 5.87. The Bertz CT molecular complexity index is 562. The summed E-state index contributed by atoms with van der Waals surface area (Å²) in [5, 5.41) is 3.18. The third kappa shape index (κ3) is 2.28. The van der Waals surface area contributed by atoms with Crippen LogP contribution >= 0.6 is 0 Å². The molecule has 0 aliphatic carbocycles. The molecule has 1 N–H and O–H groups in total. The molecule has 0 bridgehead atoms. The lowest BCUT2D eigenvalue weighted by Gasteiger charge is -2.13. The van der Waals surface area contributed by atoms with Crippen molar-refractivity contribution < 1.29 is 0 Å². The molecule has 0 saturated heterocycles. The second-order valence-corrected chi connectivity index (χ2v) is 4.48. The van der Waals surface area contributed by atoms with Gasteiger partial charge in [0.15, 0.2) is 0 Å². The Balaban J connectivity index is 1.94. The first-order valence-corrected chi connectivity index (χ1v) is 6.33. The maximum atomic E-state index is 4.23. The largest absolute Gasteiger partial charge is 0.387 e. The smallest absolute Gasteiger partial charge is 0.0429 e. The van der Waals surface area contributed by atoms with Gasteiger partial charge in [0.05, 0.1) is 0 Å². The van der Waals surface area contributed by atoms with Crippen molar-refractivity contribution in [3.8, 4) is 0 Å². The van der Waals surface area contributed by atoms with E-state index in [0.717, 1.165) is 19.5 Å². The minimum atomic E-state index is 0.905. The van der Waals surface area contributed by atoms with Crippen molar-refractivity contribution in [1.29, 1.82) is 0 Å². The Morgan fingerprint density at radius 3 is 2.89 bits per heavy atom. The lowest BCUT2D eigenvalue weighted by atomic mass is 9.96. The summed E-state index contributed by atoms with van der Waals surface area (Å²) in [6, 6.07) is 8.75. The average molecular weight is 236 g/mol. The molecule has 3 rings (SSSR count). The van der Waals surface area contributed by atoms with Crippen molar-refractivity contribution in [2.75, 3.05) is 13.1 Å². The molecule has 18 heavy (non-hydrogen) atoms. The molecule has 2 heteroatoms. The number of aliphatic imine (C=N–C) groups is 1. The summed E-state index contributed by atoms with van der Waals surface area (Å²) in [5.41, 5.74) is 5.27. The van der Waals surface area contributed by atoms with Crippen molar-refractivity contribution in [3.05, 3.63) is 59.8 Å². The zero-order valence-corrected chi connectivity index (χ0v) is 10.3. The van der Waals surface area contributed by atoms with Gasteiger partial charge < -0.3 is 5.32 Å². The van der Waals surface area contributed by atoms with Crippen LogP contribution in [0.4, 0.5) is 0 Å². The first-order valence-electron chi connectivity index (χ1n) is 6.33. The van der Waals surface area contributed by atoms with E-state index in [-0.39, 0.29) is 0 Å². The monoisotopic (exact) mass is 236 g/mol. The molecule has 0 saturated carbocycles. The molecule has 2 heterocycles. The van der Waals surface area contributed by atoms with E-state index in [0.29, 0.717) is 0 Å². The van der Waals surface area contributed by atoms with Gasteiger partial charge in [-0.15, -0.1) is 0 Å². The summed E-state index contributed by atoms with van der Waals surface area (Å²) in [6.45, 7) is 1.81. The van der Waals surface area contributed by atoms with Crippen LogP contribution in [-0.2, 0) is 0 Å². The van der Waals surface area contributed by atoms with Gasteiger partial charge in [-0.25, -0.2) is 0 Å². The Kier molecular flexibility index (Phi) is 3.09. The summed E-state index contributed by atoms with van der Waals surface area (Å²) in [6.07, 6.45) is 11.4. The summed E-state index contributed by atoms with van der Waals surface area (Å²) < 4.78 is 0. The van der Waals surface area contributed by atoms with Gasteiger partial charge in [-0.05, 0) is 53.1 Å². The molecule has 0 amide bonds. The van der Waals surface area contributed by atoms with E-state index in [1.165, 1.54) is 22.3 Å². The fourth-order valence-electron chi connectivity index (χ4n) is 2.29. The molecule has 2 nitrogen and oxygen atoms in total. The lowest BCUT2D eigenvalue weighted by molar-refractivity contribution is 0.975. The Morgan fingerprint density at radius 2 is 2.11 bits per heavy atom. The van der Waals surface area contributed by atoms with Gasteiger partial charge in [0, 0.05) is 19.3 Å². The molecule has 2 aliphatic heterocycles. The lowest BCUT2D eigenvalue weighted by Crippen LogP contribution is -2.08. The molecule has 0 fully saturated rings. The molecule has 0 radical (unpaired) electrons. The SMILES string of the molecule is C1=CC(c2cccc(C3=CC=NCC3)c2)=CCN1. The number of rotatable bonds is 2. The molecule has 0 spiro atoms. The van der Waals surface area contributed by atoms with E-state index in [4.69, 9.17) is 0 Å². The number of dihydropyridines is 2. The fourth-order valence-corrected chi connectivity index (χ4v) is 2.29. The van der Waals surface area contributed by atoms with Crippen molar-refractivity contribution in [1.82, 2.24) is 5.32 Å². The van der Waals surface area contributed by atoms with Gasteiger partial charge >= 0.3 is 0 Å². The summed E-state index contributed by atoms with van der Waals surface area (Å²) in [4.78, 5) is 4.23. The zero-order valence-electron chi connectivity index (χ0n) is 10.3. The predicted octanol–water partition coefficient (Wildman–Crippen LogP) is 3.04. The molecule has 2 aliphatic rings. The van der Waals surface area contributed by atoms with Gasteiger partial charge in [-0.3, -0.25) is 4.99 Å². The highest BCUT2D eigenvalue weighted by Crippen LogP contribution is 2.24. The van der Waals surface area contributed by atoms with Gasteiger partial charge in [0.1, 0.15) is 0 Å². The van der Waals surface area contributed by atoms with Crippen LogP contribution in [-0.4, -0.2) is 19.3 Å². The summed E-state index contributed by atoms with van der Waals surface area (Å²) in [7, 11) is 0. The average Bonchev–Trinajstić information content (AvgIpc) is 2.49. The van der Waals surface area contributed by atoms with E-state index in [1.807, 2.05) is 12.4 Å². The van der Waals surface area contributed by atoms with Crippen molar-refractivity contribution >= 4 is 17.4 Å². The molecule has 1 aromatic rings. The quantitative estimate of drug-likeness (QED) is 0.838. The highest BCUT2D eigenvalue weighted by Gasteiger charge is 2.06. The molecular weight excluding hydrogens is 220 g/mol. The van der Waals surface area contributed by atoms with Gasteiger partial charge in [0.2, 0.25) is 0 Å². The normalized spacial score (nSPS) is 18.0. The Labute approximate surface area is 107 Å². The van der Waals surface area contributed by atoms with Crippen molar-refractivity contribution in [2.24, 2.45) is 4.99 Å². The molecule has 0 unspecified atom stereocenters. The number of nitrogens with one attached hydrogen (secondary N) is 1. The van der Waals surface area contributed by atoms with Crippen molar-refractivity contribution in [3.63, 3.8) is 0 Å². The molecule has 0 atom stereocenters. The van der Waals surface area contributed by atoms with E-state index in [2.05, 4.69) is 52.8 Å². The minimum absolute atomic E-state index is 0.905. The predicted molar refractivity (Wildman–Crippen MR) is 77.5 cm³/mol. The molecular formula is C16H16N2. The van der Waals surface area contributed by atoms with Crippen LogP contribution in [0.1, 0.15) is 17.5 Å². The highest BCUT2D eigenvalue weighted by atomic mass is 14.8. The van der Waals surface area contributed by atoms with Crippen LogP contribution in [0.25, 0.3) is 11.1 Å².